The molecule has 17 heavy (non-hydrogen) atoms. The zero-order valence-corrected chi connectivity index (χ0v) is 12.5. The number of nitrogens with zero attached hydrogens (tertiary/aromatic N) is 1. The molecule has 1 aromatic rings. The first-order valence-corrected chi connectivity index (χ1v) is 7.06. The lowest BCUT2D eigenvalue weighted by molar-refractivity contribution is 0.00191. The van der Waals surface area contributed by atoms with Crippen molar-refractivity contribution >= 4 is 11.3 Å². The second kappa shape index (κ2) is 6.53. The van der Waals surface area contributed by atoms with Crippen LogP contribution in [0, 0.1) is 5.41 Å². The Hall–Kier alpha value is -0.380. The zero-order valence-electron chi connectivity index (χ0n) is 11.7. The molecule has 0 saturated heterocycles. The molecule has 0 aliphatic rings. The highest BCUT2D eigenvalue weighted by atomic mass is 32.1. The van der Waals surface area contributed by atoms with Gasteiger partial charge >= 0.3 is 0 Å². The summed E-state index contributed by atoms with van der Waals surface area (Å²) in [6.07, 6.45) is 1.31. The lowest BCUT2D eigenvalue weighted by Crippen LogP contribution is -2.21. The van der Waals surface area contributed by atoms with E-state index in [0.29, 0.717) is 0 Å². The van der Waals surface area contributed by atoms with Gasteiger partial charge < -0.3 is 9.64 Å². The average molecular weight is 255 g/mol. The summed E-state index contributed by atoms with van der Waals surface area (Å²) in [4.78, 5) is 3.55. The molecule has 0 N–H and O–H groups in total. The van der Waals surface area contributed by atoms with Crippen LogP contribution >= 0.6 is 11.3 Å². The second-order valence-electron chi connectivity index (χ2n) is 5.97. The van der Waals surface area contributed by atoms with Crippen LogP contribution in [0.4, 0.5) is 0 Å². The van der Waals surface area contributed by atoms with Gasteiger partial charge in [-0.15, -0.1) is 11.3 Å². The topological polar surface area (TPSA) is 12.5 Å². The fraction of sp³-hybridized carbons (Fsp3) is 0.714. The molecule has 0 saturated carbocycles. The third-order valence-electron chi connectivity index (χ3n) is 2.42. The second-order valence-corrected chi connectivity index (χ2v) is 6.95. The van der Waals surface area contributed by atoms with Crippen LogP contribution in [0.15, 0.2) is 17.5 Å². The van der Waals surface area contributed by atoms with Gasteiger partial charge in [-0.25, -0.2) is 0 Å². The Kier molecular flexibility index (Phi) is 5.63. The Morgan fingerprint density at radius 1 is 1.35 bits per heavy atom. The van der Waals surface area contributed by atoms with Crippen molar-refractivity contribution in [1.29, 1.82) is 0 Å². The van der Waals surface area contributed by atoms with Gasteiger partial charge in [-0.05, 0) is 37.4 Å². The van der Waals surface area contributed by atoms with Crippen LogP contribution < -0.4 is 0 Å². The van der Waals surface area contributed by atoms with Gasteiger partial charge in [0.2, 0.25) is 0 Å². The molecular weight excluding hydrogens is 230 g/mol. The summed E-state index contributed by atoms with van der Waals surface area (Å²) < 4.78 is 6.09. The minimum atomic E-state index is 0.230. The number of ether oxygens (including phenoxy) is 1. The fourth-order valence-electron chi connectivity index (χ4n) is 1.51. The highest BCUT2D eigenvalue weighted by molar-refractivity contribution is 7.10. The molecule has 1 unspecified atom stereocenters. The minimum absolute atomic E-state index is 0.230. The molecule has 1 aromatic heterocycles. The van der Waals surface area contributed by atoms with Crippen molar-refractivity contribution in [2.75, 3.05) is 27.2 Å². The summed E-state index contributed by atoms with van der Waals surface area (Å²) in [6, 6.07) is 4.27. The van der Waals surface area contributed by atoms with Gasteiger partial charge in [0.1, 0.15) is 0 Å². The highest BCUT2D eigenvalue weighted by Gasteiger charge is 2.18. The first-order chi connectivity index (χ1) is 7.88. The SMILES string of the molecule is CN(C)CCC(OCC(C)(C)C)c1cccs1. The average Bonchev–Trinajstić information content (AvgIpc) is 2.68. The normalized spacial score (nSPS) is 14.2. The van der Waals surface area contributed by atoms with Crippen LogP contribution in [-0.2, 0) is 4.74 Å². The lowest BCUT2D eigenvalue weighted by Gasteiger charge is -2.24. The van der Waals surface area contributed by atoms with Crippen molar-refractivity contribution in [1.82, 2.24) is 4.90 Å². The molecule has 0 radical (unpaired) electrons. The third kappa shape index (κ3) is 6.20. The quantitative estimate of drug-likeness (QED) is 0.766. The number of thiophene rings is 1. The molecule has 0 aromatic carbocycles. The van der Waals surface area contributed by atoms with Crippen LogP contribution in [0.2, 0.25) is 0 Å². The molecule has 0 amide bonds. The maximum atomic E-state index is 6.09. The van der Waals surface area contributed by atoms with Crippen molar-refractivity contribution in [3.05, 3.63) is 22.4 Å². The predicted octanol–water partition coefficient (Wildman–Crippen LogP) is 3.80. The molecule has 0 aliphatic heterocycles. The van der Waals surface area contributed by atoms with Gasteiger partial charge in [0.05, 0.1) is 12.7 Å². The van der Waals surface area contributed by atoms with Crippen molar-refractivity contribution in [2.45, 2.75) is 33.3 Å². The van der Waals surface area contributed by atoms with E-state index in [4.69, 9.17) is 4.74 Å². The molecule has 1 rings (SSSR count). The van der Waals surface area contributed by atoms with Crippen molar-refractivity contribution in [2.24, 2.45) is 5.41 Å². The van der Waals surface area contributed by atoms with Gasteiger partial charge in [0, 0.05) is 11.4 Å². The van der Waals surface area contributed by atoms with Gasteiger partial charge in [-0.3, -0.25) is 0 Å². The Morgan fingerprint density at radius 2 is 2.06 bits per heavy atom. The Labute approximate surface area is 110 Å². The lowest BCUT2D eigenvalue weighted by atomic mass is 9.98. The number of hydrogen-bond acceptors (Lipinski definition) is 3. The van der Waals surface area contributed by atoms with Crippen LogP contribution in [0.1, 0.15) is 38.2 Å². The monoisotopic (exact) mass is 255 g/mol. The van der Waals surface area contributed by atoms with Gasteiger partial charge in [-0.1, -0.05) is 26.8 Å². The molecule has 2 nitrogen and oxygen atoms in total. The standard InChI is InChI=1S/C14H25NOS/c1-14(2,3)11-16-12(8-9-15(4)5)13-7-6-10-17-13/h6-7,10,12H,8-9,11H2,1-5H3. The Morgan fingerprint density at radius 3 is 2.53 bits per heavy atom. The smallest absolute Gasteiger partial charge is 0.0929 e. The van der Waals surface area contributed by atoms with E-state index in [1.54, 1.807) is 11.3 Å². The van der Waals surface area contributed by atoms with Crippen LogP contribution in [0.25, 0.3) is 0 Å². The molecule has 0 fully saturated rings. The molecule has 0 spiro atoms. The molecular formula is C14H25NOS. The van der Waals surface area contributed by atoms with Crippen molar-refractivity contribution in [3.8, 4) is 0 Å². The van der Waals surface area contributed by atoms with E-state index in [-0.39, 0.29) is 11.5 Å². The summed E-state index contributed by atoms with van der Waals surface area (Å²) >= 11 is 1.79. The summed E-state index contributed by atoms with van der Waals surface area (Å²) in [7, 11) is 4.21. The van der Waals surface area contributed by atoms with Gasteiger partial charge in [0.15, 0.2) is 0 Å². The molecule has 1 heterocycles. The van der Waals surface area contributed by atoms with Gasteiger partial charge in [-0.2, -0.15) is 0 Å². The van der Waals surface area contributed by atoms with E-state index in [0.717, 1.165) is 19.6 Å². The Bertz CT molecular complexity index is 301. The zero-order chi connectivity index (χ0) is 12.9. The third-order valence-corrected chi connectivity index (χ3v) is 3.38. The fourth-order valence-corrected chi connectivity index (χ4v) is 2.32. The van der Waals surface area contributed by atoms with Gasteiger partial charge in [0.25, 0.3) is 0 Å². The minimum Gasteiger partial charge on any atom is -0.372 e. The molecule has 0 bridgehead atoms. The molecule has 98 valence electrons. The van der Waals surface area contributed by atoms with Crippen LogP contribution in [0.3, 0.4) is 0 Å². The maximum absolute atomic E-state index is 6.09. The van der Waals surface area contributed by atoms with E-state index >= 15 is 0 Å². The van der Waals surface area contributed by atoms with Crippen LogP contribution in [-0.4, -0.2) is 32.1 Å². The van der Waals surface area contributed by atoms with E-state index in [1.165, 1.54) is 4.88 Å². The molecule has 1 atom stereocenters. The number of hydrogen-bond donors (Lipinski definition) is 0. The van der Waals surface area contributed by atoms with E-state index in [9.17, 15) is 0 Å². The van der Waals surface area contributed by atoms with E-state index in [2.05, 4.69) is 57.3 Å². The largest absolute Gasteiger partial charge is 0.372 e. The first-order valence-electron chi connectivity index (χ1n) is 6.18. The summed E-state index contributed by atoms with van der Waals surface area (Å²) in [6.45, 7) is 8.51. The summed E-state index contributed by atoms with van der Waals surface area (Å²) in [5, 5.41) is 2.12. The van der Waals surface area contributed by atoms with E-state index in [1.807, 2.05) is 0 Å². The Balaban J connectivity index is 2.54. The van der Waals surface area contributed by atoms with Crippen molar-refractivity contribution < 1.29 is 4.74 Å². The van der Waals surface area contributed by atoms with Crippen molar-refractivity contribution in [3.63, 3.8) is 0 Å². The summed E-state index contributed by atoms with van der Waals surface area (Å²) in [5.41, 5.74) is 0.230. The maximum Gasteiger partial charge on any atom is 0.0929 e. The first kappa shape index (κ1) is 14.7. The van der Waals surface area contributed by atoms with Crippen LogP contribution in [0.5, 0.6) is 0 Å². The van der Waals surface area contributed by atoms with E-state index < -0.39 is 0 Å². The molecule has 0 aliphatic carbocycles. The highest BCUT2D eigenvalue weighted by Crippen LogP contribution is 2.28. The molecule has 3 heteroatoms. The summed E-state index contributed by atoms with van der Waals surface area (Å²) in [5.74, 6) is 0. The predicted molar refractivity (Wildman–Crippen MR) is 75.6 cm³/mol. The number of rotatable bonds is 6.